The second kappa shape index (κ2) is 9.42. The topological polar surface area (TPSA) is 77.4 Å². The molecule has 1 aromatic carbocycles. The third-order valence-electron chi connectivity index (χ3n) is 3.58. The van der Waals surface area contributed by atoms with E-state index in [0.717, 1.165) is 0 Å². The molecule has 0 atom stereocenters. The molecular weight excluding hydrogens is 413 g/mol. The Kier molecular flexibility index (Phi) is 7.22. The number of benzene rings is 1. The van der Waals surface area contributed by atoms with Crippen molar-refractivity contribution in [3.05, 3.63) is 69.1 Å². The number of anilines is 1. The first-order chi connectivity index (χ1) is 13.6. The lowest BCUT2D eigenvalue weighted by Crippen LogP contribution is -2.29. The van der Waals surface area contributed by atoms with E-state index in [2.05, 4.69) is 5.32 Å². The molecule has 1 N–H and O–H groups in total. The number of nitrogens with zero attached hydrogens (tertiary/aromatic N) is 1. The van der Waals surface area contributed by atoms with Gasteiger partial charge in [-0.15, -0.1) is 0 Å². The van der Waals surface area contributed by atoms with Crippen LogP contribution in [-0.2, 0) is 27.0 Å². The van der Waals surface area contributed by atoms with Gasteiger partial charge in [0.15, 0.2) is 0 Å². The van der Waals surface area contributed by atoms with Gasteiger partial charge in [0.1, 0.15) is 11.6 Å². The van der Waals surface area contributed by atoms with Crippen molar-refractivity contribution in [3.63, 3.8) is 0 Å². The number of nitrogens with one attached hydrogen (secondary N) is 1. The number of halogens is 4. The molecule has 0 aliphatic heterocycles. The van der Waals surface area contributed by atoms with E-state index in [4.69, 9.17) is 16.3 Å². The number of ether oxygens (including phenoxy) is 1. The zero-order valence-corrected chi connectivity index (χ0v) is 15.9. The molecule has 1 aromatic heterocycles. The minimum Gasteiger partial charge on any atom is -0.463 e. The van der Waals surface area contributed by atoms with E-state index in [-0.39, 0.29) is 6.61 Å². The lowest BCUT2D eigenvalue weighted by Gasteiger charge is -2.12. The molecule has 0 unspecified atom stereocenters. The highest BCUT2D eigenvalue weighted by molar-refractivity contribution is 6.30. The smallest absolute Gasteiger partial charge is 0.417 e. The molecule has 1 heterocycles. The summed E-state index contributed by atoms with van der Waals surface area (Å²) in [7, 11) is 0. The number of aromatic nitrogens is 1. The number of hydrogen-bond donors (Lipinski definition) is 1. The molecule has 0 aliphatic rings. The Hall–Kier alpha value is -3.07. The summed E-state index contributed by atoms with van der Waals surface area (Å²) in [5, 5.41) is 1.84. The van der Waals surface area contributed by atoms with Gasteiger partial charge in [0.2, 0.25) is 5.91 Å². The first-order valence-electron chi connectivity index (χ1n) is 8.32. The van der Waals surface area contributed by atoms with Gasteiger partial charge in [0, 0.05) is 18.0 Å². The van der Waals surface area contributed by atoms with Gasteiger partial charge in [-0.05, 0) is 36.8 Å². The van der Waals surface area contributed by atoms with Gasteiger partial charge < -0.3 is 14.6 Å². The van der Waals surface area contributed by atoms with Gasteiger partial charge in [0.05, 0.1) is 12.2 Å². The number of rotatable bonds is 6. The number of amides is 1. The molecule has 0 bridgehead atoms. The molecule has 0 radical (unpaired) electrons. The van der Waals surface area contributed by atoms with Crippen LogP contribution in [0.15, 0.2) is 47.4 Å². The molecule has 0 fully saturated rings. The Morgan fingerprint density at radius 2 is 1.90 bits per heavy atom. The van der Waals surface area contributed by atoms with Gasteiger partial charge in [0.25, 0.3) is 5.56 Å². The Bertz CT molecular complexity index is 982. The molecular formula is C19H16ClF3N2O4. The van der Waals surface area contributed by atoms with Crippen molar-refractivity contribution in [3.8, 4) is 0 Å². The average molecular weight is 429 g/mol. The van der Waals surface area contributed by atoms with Crippen LogP contribution in [-0.4, -0.2) is 23.1 Å². The van der Waals surface area contributed by atoms with E-state index < -0.39 is 40.7 Å². The third-order valence-corrected chi connectivity index (χ3v) is 3.85. The highest BCUT2D eigenvalue weighted by Crippen LogP contribution is 2.29. The van der Waals surface area contributed by atoms with Crippen molar-refractivity contribution in [2.75, 3.05) is 11.9 Å². The van der Waals surface area contributed by atoms with E-state index >= 15 is 0 Å². The fourth-order valence-corrected chi connectivity index (χ4v) is 2.49. The molecule has 6 nitrogen and oxygen atoms in total. The zero-order valence-electron chi connectivity index (χ0n) is 15.1. The lowest BCUT2D eigenvalue weighted by atomic mass is 10.2. The van der Waals surface area contributed by atoms with Crippen LogP contribution in [0.2, 0.25) is 5.02 Å². The summed E-state index contributed by atoms with van der Waals surface area (Å²) in [6.45, 7) is 1.30. The van der Waals surface area contributed by atoms with Crippen LogP contribution >= 0.6 is 11.6 Å². The summed E-state index contributed by atoms with van der Waals surface area (Å²) in [4.78, 5) is 35.3. The van der Waals surface area contributed by atoms with Gasteiger partial charge >= 0.3 is 12.1 Å². The summed E-state index contributed by atoms with van der Waals surface area (Å²) >= 11 is 5.55. The molecule has 0 saturated heterocycles. The van der Waals surface area contributed by atoms with Crippen LogP contribution in [0.4, 0.5) is 18.9 Å². The maximum absolute atomic E-state index is 12.8. The predicted octanol–water partition coefficient (Wildman–Crippen LogP) is 3.74. The van der Waals surface area contributed by atoms with Crippen LogP contribution in [0.5, 0.6) is 0 Å². The zero-order chi connectivity index (χ0) is 21.6. The van der Waals surface area contributed by atoms with E-state index in [9.17, 15) is 27.6 Å². The first-order valence-corrected chi connectivity index (χ1v) is 8.70. The summed E-state index contributed by atoms with van der Waals surface area (Å²) in [6.07, 6.45) is -1.39. The summed E-state index contributed by atoms with van der Waals surface area (Å²) in [5.74, 6) is -1.20. The predicted molar refractivity (Wildman–Crippen MR) is 101 cm³/mol. The SMILES string of the molecule is CCOC(=O)C=Cc1ccc(NC(=O)Cn2cc(C(F)(F)F)cc(Cl)c2=O)cc1. The second-order valence-corrected chi connectivity index (χ2v) is 6.17. The van der Waals surface area contributed by atoms with Crippen molar-refractivity contribution < 1.29 is 27.5 Å². The molecule has 0 spiro atoms. The fraction of sp³-hybridized carbons (Fsp3) is 0.211. The first kappa shape index (κ1) is 22.2. The van der Waals surface area contributed by atoms with E-state index in [1.54, 1.807) is 19.1 Å². The number of alkyl halides is 3. The number of carbonyl (C=O) groups excluding carboxylic acids is 2. The number of hydrogen-bond acceptors (Lipinski definition) is 4. The van der Waals surface area contributed by atoms with Crippen LogP contribution < -0.4 is 10.9 Å². The highest BCUT2D eigenvalue weighted by Gasteiger charge is 2.32. The molecule has 2 rings (SSSR count). The molecule has 1 amide bonds. The van der Waals surface area contributed by atoms with Crippen molar-refractivity contribution >= 4 is 35.2 Å². The molecule has 29 heavy (non-hydrogen) atoms. The van der Waals surface area contributed by atoms with Crippen molar-refractivity contribution in [1.29, 1.82) is 0 Å². The minimum atomic E-state index is -4.71. The molecule has 10 heteroatoms. The van der Waals surface area contributed by atoms with Crippen LogP contribution in [0.1, 0.15) is 18.1 Å². The third kappa shape index (κ3) is 6.49. The minimum absolute atomic E-state index is 0.258. The van der Waals surface area contributed by atoms with Crippen molar-refractivity contribution in [2.24, 2.45) is 0 Å². The largest absolute Gasteiger partial charge is 0.463 e. The Morgan fingerprint density at radius 3 is 2.48 bits per heavy atom. The standard InChI is InChI=1S/C19H16ClF3N2O4/c1-2-29-17(27)8-5-12-3-6-14(7-4-12)24-16(26)11-25-10-13(19(21,22)23)9-15(20)18(25)28/h3-10H,2,11H2,1H3,(H,24,26). The molecule has 154 valence electrons. The molecule has 2 aromatic rings. The lowest BCUT2D eigenvalue weighted by molar-refractivity contribution is -0.138. The summed E-state index contributed by atoms with van der Waals surface area (Å²) in [5.41, 5.74) is -1.02. The fourth-order valence-electron chi connectivity index (χ4n) is 2.26. The second-order valence-electron chi connectivity index (χ2n) is 5.76. The van der Waals surface area contributed by atoms with Crippen molar-refractivity contribution in [2.45, 2.75) is 19.6 Å². The van der Waals surface area contributed by atoms with Gasteiger partial charge in [-0.25, -0.2) is 4.79 Å². The maximum atomic E-state index is 12.8. The Balaban J connectivity index is 2.07. The van der Waals surface area contributed by atoms with Crippen LogP contribution in [0.3, 0.4) is 0 Å². The number of pyridine rings is 1. The monoisotopic (exact) mass is 428 g/mol. The van der Waals surface area contributed by atoms with Crippen molar-refractivity contribution in [1.82, 2.24) is 4.57 Å². The van der Waals surface area contributed by atoms with Crippen LogP contribution in [0, 0.1) is 0 Å². The quantitative estimate of drug-likeness (QED) is 0.561. The highest BCUT2D eigenvalue weighted by atomic mass is 35.5. The summed E-state index contributed by atoms with van der Waals surface area (Å²) in [6, 6.07) is 6.80. The number of carbonyl (C=O) groups is 2. The Morgan fingerprint density at radius 1 is 1.24 bits per heavy atom. The Labute approximate surface area is 168 Å². The van der Waals surface area contributed by atoms with Crippen LogP contribution in [0.25, 0.3) is 6.08 Å². The van der Waals surface area contributed by atoms with E-state index in [1.165, 1.54) is 24.3 Å². The van der Waals surface area contributed by atoms with E-state index in [1.807, 2.05) is 0 Å². The van der Waals surface area contributed by atoms with Gasteiger partial charge in [-0.2, -0.15) is 13.2 Å². The molecule has 0 aliphatic carbocycles. The maximum Gasteiger partial charge on any atom is 0.417 e. The average Bonchev–Trinajstić information content (AvgIpc) is 2.64. The van der Waals surface area contributed by atoms with Gasteiger partial charge in [-0.1, -0.05) is 23.7 Å². The van der Waals surface area contributed by atoms with Gasteiger partial charge in [-0.3, -0.25) is 9.59 Å². The normalized spacial score (nSPS) is 11.5. The van der Waals surface area contributed by atoms with E-state index in [0.29, 0.717) is 28.1 Å². The summed E-state index contributed by atoms with van der Waals surface area (Å²) < 4.78 is 43.9. The molecule has 0 saturated carbocycles. The number of esters is 1.